The summed E-state index contributed by atoms with van der Waals surface area (Å²) in [7, 11) is 0. The molecule has 0 aliphatic heterocycles. The molecule has 0 aromatic heterocycles. The van der Waals surface area contributed by atoms with Gasteiger partial charge in [-0.3, -0.25) is 4.79 Å². The molecule has 4 nitrogen and oxygen atoms in total. The summed E-state index contributed by atoms with van der Waals surface area (Å²) < 4.78 is 11.8. The Morgan fingerprint density at radius 3 is 2.25 bits per heavy atom. The Bertz CT molecular complexity index is 994. The van der Waals surface area contributed by atoms with Crippen LogP contribution in [0.2, 0.25) is 0 Å². The second-order valence-corrected chi connectivity index (χ2v) is 7.39. The highest BCUT2D eigenvalue weighted by Gasteiger charge is 2.09. The van der Waals surface area contributed by atoms with Crippen LogP contribution in [0.1, 0.15) is 44.9 Å². The van der Waals surface area contributed by atoms with Crippen molar-refractivity contribution in [2.45, 2.75) is 46.8 Å². The minimum Gasteiger partial charge on any atom is -0.491 e. The molecule has 0 bridgehead atoms. The van der Waals surface area contributed by atoms with E-state index in [4.69, 9.17) is 9.47 Å². The average molecular weight is 377 g/mol. The van der Waals surface area contributed by atoms with Crippen LogP contribution in [-0.4, -0.2) is 12.0 Å². The molecule has 0 saturated heterocycles. The zero-order chi connectivity index (χ0) is 20.3. The highest BCUT2D eigenvalue weighted by Crippen LogP contribution is 2.31. The molecule has 3 aromatic rings. The predicted molar refractivity (Wildman–Crippen MR) is 113 cm³/mol. The molecule has 0 saturated carbocycles. The molecule has 3 rings (SSSR count). The molecule has 0 heterocycles. The van der Waals surface area contributed by atoms with E-state index in [1.54, 1.807) is 0 Å². The molecule has 28 heavy (non-hydrogen) atoms. The largest absolute Gasteiger partial charge is 0.491 e. The van der Waals surface area contributed by atoms with E-state index in [-0.39, 0.29) is 18.1 Å². The van der Waals surface area contributed by atoms with Crippen molar-refractivity contribution in [1.82, 2.24) is 5.32 Å². The molecule has 1 atom stereocenters. The Morgan fingerprint density at radius 1 is 0.893 bits per heavy atom. The Hall–Kier alpha value is -3.01. The van der Waals surface area contributed by atoms with Crippen molar-refractivity contribution in [3.05, 3.63) is 65.7 Å². The van der Waals surface area contributed by atoms with Gasteiger partial charge in [0.2, 0.25) is 5.91 Å². The lowest BCUT2D eigenvalue weighted by molar-refractivity contribution is -0.119. The minimum atomic E-state index is -0.0310. The maximum atomic E-state index is 11.3. The predicted octanol–water partition coefficient (Wildman–Crippen LogP) is 5.92. The first-order valence-electron chi connectivity index (χ1n) is 9.58. The second kappa shape index (κ2) is 8.34. The molecule has 3 aromatic carbocycles. The van der Waals surface area contributed by atoms with Crippen LogP contribution >= 0.6 is 0 Å². The van der Waals surface area contributed by atoms with E-state index in [1.807, 2.05) is 70.2 Å². The molecule has 0 fully saturated rings. The maximum absolute atomic E-state index is 11.3. The Morgan fingerprint density at radius 2 is 1.57 bits per heavy atom. The standard InChI is InChI=1S/C24H27NO3/c1-15(2)27-22-10-11-24(16(3)12-22)28-23-9-8-20-13-19(6-7-21(20)14-23)17(4)25-18(5)26/h6-15,17H,1-5H3,(H,25,26). The van der Waals surface area contributed by atoms with Crippen LogP contribution < -0.4 is 14.8 Å². The number of nitrogens with one attached hydrogen (secondary N) is 1. The minimum absolute atomic E-state index is 0.0213. The molecular weight excluding hydrogens is 350 g/mol. The van der Waals surface area contributed by atoms with Gasteiger partial charge in [-0.1, -0.05) is 18.2 Å². The van der Waals surface area contributed by atoms with Crippen molar-refractivity contribution >= 4 is 16.7 Å². The summed E-state index contributed by atoms with van der Waals surface area (Å²) in [4.78, 5) is 11.3. The highest BCUT2D eigenvalue weighted by atomic mass is 16.5. The van der Waals surface area contributed by atoms with E-state index in [9.17, 15) is 4.79 Å². The van der Waals surface area contributed by atoms with Crippen molar-refractivity contribution in [3.8, 4) is 17.2 Å². The third-order valence-corrected chi connectivity index (χ3v) is 4.50. The first kappa shape index (κ1) is 19.7. The van der Waals surface area contributed by atoms with E-state index in [2.05, 4.69) is 17.4 Å². The number of fused-ring (bicyclic) bond motifs is 1. The van der Waals surface area contributed by atoms with E-state index in [0.29, 0.717) is 0 Å². The number of aryl methyl sites for hydroxylation is 1. The van der Waals surface area contributed by atoms with Gasteiger partial charge >= 0.3 is 0 Å². The SMILES string of the molecule is CC(=O)NC(C)c1ccc2cc(Oc3ccc(OC(C)C)cc3C)ccc2c1. The molecular formula is C24H27NO3. The molecule has 4 heteroatoms. The lowest BCUT2D eigenvalue weighted by Gasteiger charge is -2.15. The fourth-order valence-corrected chi connectivity index (χ4v) is 3.17. The molecule has 1 N–H and O–H groups in total. The summed E-state index contributed by atoms with van der Waals surface area (Å²) in [5.74, 6) is 2.41. The van der Waals surface area contributed by atoms with Crippen LogP contribution in [0.3, 0.4) is 0 Å². The third-order valence-electron chi connectivity index (χ3n) is 4.50. The van der Waals surface area contributed by atoms with Crippen molar-refractivity contribution in [1.29, 1.82) is 0 Å². The monoisotopic (exact) mass is 377 g/mol. The van der Waals surface area contributed by atoms with Crippen molar-refractivity contribution in [2.75, 3.05) is 0 Å². The second-order valence-electron chi connectivity index (χ2n) is 7.39. The summed E-state index contributed by atoms with van der Waals surface area (Å²) >= 11 is 0. The van der Waals surface area contributed by atoms with Crippen LogP contribution in [-0.2, 0) is 4.79 Å². The number of carbonyl (C=O) groups is 1. The van der Waals surface area contributed by atoms with E-state index in [0.717, 1.165) is 39.1 Å². The third kappa shape index (κ3) is 4.83. The molecule has 1 unspecified atom stereocenters. The van der Waals surface area contributed by atoms with E-state index in [1.165, 1.54) is 6.92 Å². The summed E-state index contributed by atoms with van der Waals surface area (Å²) in [6.45, 7) is 9.55. The van der Waals surface area contributed by atoms with E-state index < -0.39 is 0 Å². The van der Waals surface area contributed by atoms with Gasteiger partial charge in [-0.25, -0.2) is 0 Å². The van der Waals surface area contributed by atoms with Gasteiger partial charge in [-0.2, -0.15) is 0 Å². The van der Waals surface area contributed by atoms with Crippen LogP contribution in [0.5, 0.6) is 17.2 Å². The van der Waals surface area contributed by atoms with Gasteiger partial charge in [-0.05, 0) is 86.0 Å². The number of ether oxygens (including phenoxy) is 2. The van der Waals surface area contributed by atoms with Gasteiger partial charge in [0.15, 0.2) is 0 Å². The van der Waals surface area contributed by atoms with Crippen molar-refractivity contribution in [3.63, 3.8) is 0 Å². The van der Waals surface area contributed by atoms with Crippen LogP contribution in [0.15, 0.2) is 54.6 Å². The molecule has 146 valence electrons. The molecule has 0 radical (unpaired) electrons. The number of benzene rings is 3. The smallest absolute Gasteiger partial charge is 0.217 e. The lowest BCUT2D eigenvalue weighted by Crippen LogP contribution is -2.23. The van der Waals surface area contributed by atoms with E-state index >= 15 is 0 Å². The van der Waals surface area contributed by atoms with Gasteiger partial charge < -0.3 is 14.8 Å². The van der Waals surface area contributed by atoms with Gasteiger partial charge in [0.1, 0.15) is 17.2 Å². The van der Waals surface area contributed by atoms with Crippen molar-refractivity contribution < 1.29 is 14.3 Å². The zero-order valence-electron chi connectivity index (χ0n) is 17.1. The first-order chi connectivity index (χ1) is 13.3. The van der Waals surface area contributed by atoms with Gasteiger partial charge in [-0.15, -0.1) is 0 Å². The quantitative estimate of drug-likeness (QED) is 0.579. The highest BCUT2D eigenvalue weighted by molar-refractivity contribution is 5.85. The first-order valence-corrected chi connectivity index (χ1v) is 9.58. The van der Waals surface area contributed by atoms with Crippen LogP contribution in [0.25, 0.3) is 10.8 Å². The normalized spacial score (nSPS) is 12.1. The van der Waals surface area contributed by atoms with Gasteiger partial charge in [0, 0.05) is 6.92 Å². The summed E-state index contributed by atoms with van der Waals surface area (Å²) in [6, 6.07) is 18.1. The lowest BCUT2D eigenvalue weighted by atomic mass is 10.0. The molecule has 0 spiro atoms. The summed E-state index contributed by atoms with van der Waals surface area (Å²) in [6.07, 6.45) is 0.143. The summed E-state index contributed by atoms with van der Waals surface area (Å²) in [5.41, 5.74) is 2.10. The number of carbonyl (C=O) groups excluding carboxylic acids is 1. The Balaban J connectivity index is 1.80. The number of amides is 1. The Kier molecular flexibility index (Phi) is 5.88. The number of hydrogen-bond acceptors (Lipinski definition) is 3. The fraction of sp³-hybridized carbons (Fsp3) is 0.292. The molecule has 0 aliphatic carbocycles. The fourth-order valence-electron chi connectivity index (χ4n) is 3.17. The zero-order valence-corrected chi connectivity index (χ0v) is 17.1. The summed E-state index contributed by atoms with van der Waals surface area (Å²) in [5, 5.41) is 5.12. The average Bonchev–Trinajstić information content (AvgIpc) is 2.62. The van der Waals surface area contributed by atoms with Gasteiger partial charge in [0.25, 0.3) is 0 Å². The van der Waals surface area contributed by atoms with Crippen LogP contribution in [0, 0.1) is 6.92 Å². The van der Waals surface area contributed by atoms with Gasteiger partial charge in [0.05, 0.1) is 12.1 Å². The van der Waals surface area contributed by atoms with Crippen LogP contribution in [0.4, 0.5) is 0 Å². The number of hydrogen-bond donors (Lipinski definition) is 1. The van der Waals surface area contributed by atoms with Crippen molar-refractivity contribution in [2.24, 2.45) is 0 Å². The molecule has 1 amide bonds. The molecule has 0 aliphatic rings. The number of rotatable bonds is 6. The maximum Gasteiger partial charge on any atom is 0.217 e. The Labute approximate surface area is 166 Å². The topological polar surface area (TPSA) is 47.6 Å².